The van der Waals surface area contributed by atoms with E-state index in [0.29, 0.717) is 43.0 Å². The molecule has 0 saturated heterocycles. The average Bonchev–Trinajstić information content (AvgIpc) is 2.67. The molecule has 0 unspecified atom stereocenters. The minimum Gasteiger partial charge on any atom is -0.474 e. The summed E-state index contributed by atoms with van der Waals surface area (Å²) in [5, 5.41) is 2.90. The van der Waals surface area contributed by atoms with Crippen LogP contribution in [0.15, 0.2) is 18.2 Å². The maximum absolute atomic E-state index is 12.8. The number of rotatable bonds is 5. The van der Waals surface area contributed by atoms with E-state index in [-0.39, 0.29) is 52.1 Å². The second kappa shape index (κ2) is 11.0. The van der Waals surface area contributed by atoms with Gasteiger partial charge in [-0.25, -0.2) is 15.0 Å². The fourth-order valence-electron chi connectivity index (χ4n) is 4.10. The summed E-state index contributed by atoms with van der Waals surface area (Å²) in [4.78, 5) is 26.9. The highest BCUT2D eigenvalue weighted by Crippen LogP contribution is 2.36. The number of anilines is 2. The third-order valence-corrected chi connectivity index (χ3v) is 5.82. The van der Waals surface area contributed by atoms with Crippen LogP contribution in [0.25, 0.3) is 0 Å². The van der Waals surface area contributed by atoms with Crippen molar-refractivity contribution in [1.29, 1.82) is 0 Å². The summed E-state index contributed by atoms with van der Waals surface area (Å²) in [6.45, 7) is 3.80. The minimum absolute atomic E-state index is 0. The third-order valence-electron chi connectivity index (χ3n) is 5.82. The second-order valence-corrected chi connectivity index (χ2v) is 8.09. The molecule has 2 aliphatic rings. The zero-order chi connectivity index (χ0) is 22.3. The number of hydrogen-bond donors (Lipinski definition) is 1. The topological polar surface area (TPSA) is 80.2 Å². The van der Waals surface area contributed by atoms with Crippen molar-refractivity contribution in [3.8, 4) is 5.88 Å². The van der Waals surface area contributed by atoms with Crippen molar-refractivity contribution in [2.24, 2.45) is 5.92 Å². The maximum Gasteiger partial charge on any atom is 0.433 e. The summed E-state index contributed by atoms with van der Waals surface area (Å²) in [7, 11) is 1.86. The van der Waals surface area contributed by atoms with Crippen LogP contribution in [0.5, 0.6) is 5.88 Å². The Bertz CT molecular complexity index is 993. The predicted molar refractivity (Wildman–Crippen MR) is 128 cm³/mol. The SMILES string of the molecule is C.C.C.CC[C@H]1C(=O)Nc2c(C)nc(CC3CC(Oc4cccc(C(F)(F)F)n4)C3)nc2N1C. The molecule has 1 saturated carbocycles. The number of aryl methyl sites for hydroxylation is 1. The number of likely N-dealkylation sites (N-methyl/N-ethyl adjacent to an activating group) is 1. The molecule has 7 nitrogen and oxygen atoms in total. The van der Waals surface area contributed by atoms with Crippen LogP contribution in [0.4, 0.5) is 24.7 Å². The van der Waals surface area contributed by atoms with Crippen molar-refractivity contribution >= 4 is 17.4 Å². The number of alkyl halides is 3. The average molecular weight is 484 g/mol. The van der Waals surface area contributed by atoms with E-state index < -0.39 is 11.9 Å². The van der Waals surface area contributed by atoms with Gasteiger partial charge in [0.2, 0.25) is 11.8 Å². The number of nitrogens with zero attached hydrogens (tertiary/aromatic N) is 4. The Morgan fingerprint density at radius 3 is 2.44 bits per heavy atom. The first-order chi connectivity index (χ1) is 14.7. The fraction of sp³-hybridized carbons (Fsp3) is 0.583. The lowest BCUT2D eigenvalue weighted by Crippen LogP contribution is -2.46. The van der Waals surface area contributed by atoms with Gasteiger partial charge in [-0.2, -0.15) is 13.2 Å². The quantitative estimate of drug-likeness (QED) is 0.590. The summed E-state index contributed by atoms with van der Waals surface area (Å²) in [5.74, 6) is 1.61. The van der Waals surface area contributed by atoms with E-state index >= 15 is 0 Å². The Morgan fingerprint density at radius 1 is 1.15 bits per heavy atom. The van der Waals surface area contributed by atoms with E-state index in [1.165, 1.54) is 12.1 Å². The van der Waals surface area contributed by atoms with Gasteiger partial charge in [-0.3, -0.25) is 4.79 Å². The first kappa shape index (κ1) is 29.1. The Balaban J connectivity index is 0.00000193. The molecule has 1 aliphatic heterocycles. The van der Waals surface area contributed by atoms with Gasteiger partial charge in [-0.15, -0.1) is 0 Å². The first-order valence-corrected chi connectivity index (χ1v) is 10.3. The van der Waals surface area contributed by atoms with Gasteiger partial charge in [0, 0.05) is 19.5 Å². The lowest BCUT2D eigenvalue weighted by molar-refractivity contribution is -0.141. The number of carbonyl (C=O) groups excluding carboxylic acids is 1. The molecule has 2 aromatic heterocycles. The van der Waals surface area contributed by atoms with E-state index in [9.17, 15) is 18.0 Å². The van der Waals surface area contributed by atoms with Gasteiger partial charge in [0.05, 0.1) is 5.69 Å². The van der Waals surface area contributed by atoms with Crippen LogP contribution in [0.1, 0.15) is 65.7 Å². The summed E-state index contributed by atoms with van der Waals surface area (Å²) >= 11 is 0. The van der Waals surface area contributed by atoms with Crippen LogP contribution >= 0.6 is 0 Å². The predicted octanol–water partition coefficient (Wildman–Crippen LogP) is 5.67. The molecule has 3 heterocycles. The lowest BCUT2D eigenvalue weighted by Gasteiger charge is -2.36. The molecule has 1 fully saturated rings. The van der Waals surface area contributed by atoms with Crippen LogP contribution in [-0.2, 0) is 17.4 Å². The molecule has 0 aromatic carbocycles. The maximum atomic E-state index is 12.8. The van der Waals surface area contributed by atoms with Crippen molar-refractivity contribution in [3.05, 3.63) is 35.4 Å². The first-order valence-electron chi connectivity index (χ1n) is 10.3. The van der Waals surface area contributed by atoms with Crippen molar-refractivity contribution in [3.63, 3.8) is 0 Å². The van der Waals surface area contributed by atoms with Crippen LogP contribution in [0.2, 0.25) is 0 Å². The van der Waals surface area contributed by atoms with E-state index in [1.807, 2.05) is 25.8 Å². The number of fused-ring (bicyclic) bond motifs is 1. The third kappa shape index (κ3) is 5.77. The van der Waals surface area contributed by atoms with Gasteiger partial charge in [0.1, 0.15) is 29.4 Å². The number of amides is 1. The number of nitrogens with one attached hydrogen (secondary N) is 1. The van der Waals surface area contributed by atoms with Crippen molar-refractivity contribution < 1.29 is 22.7 Å². The monoisotopic (exact) mass is 483 g/mol. The highest BCUT2D eigenvalue weighted by atomic mass is 19.4. The molecule has 2 aromatic rings. The van der Waals surface area contributed by atoms with E-state index in [4.69, 9.17) is 4.74 Å². The van der Waals surface area contributed by atoms with Gasteiger partial charge < -0.3 is 15.0 Å². The zero-order valence-corrected chi connectivity index (χ0v) is 17.5. The fourth-order valence-corrected chi connectivity index (χ4v) is 4.10. The van der Waals surface area contributed by atoms with Crippen LogP contribution < -0.4 is 15.0 Å². The standard InChI is InChI=1S/C21H24F3N5O2.3CH4/c1-4-14-20(30)28-18-11(2)25-16(27-19(18)29(14)3)10-12-8-13(9-12)31-17-7-5-6-15(26-17)21(22,23)24;;;/h5-7,12-14H,4,8-10H2,1-3H3,(H,28,30);3*1H4/t12?,13?,14-;;;/m0.../s1. The number of carbonyl (C=O) groups is 1. The lowest BCUT2D eigenvalue weighted by atomic mass is 9.80. The summed E-state index contributed by atoms with van der Waals surface area (Å²) in [6.07, 6.45) is -1.96. The molecule has 1 amide bonds. The smallest absolute Gasteiger partial charge is 0.433 e. The number of pyridine rings is 1. The molecule has 0 spiro atoms. The molecule has 10 heteroatoms. The number of aromatic nitrogens is 3. The zero-order valence-electron chi connectivity index (χ0n) is 17.5. The molecule has 1 N–H and O–H groups in total. The number of halogens is 3. The minimum atomic E-state index is -4.49. The molecule has 0 bridgehead atoms. The van der Waals surface area contributed by atoms with E-state index in [0.717, 1.165) is 11.8 Å². The number of ether oxygens (including phenoxy) is 1. The van der Waals surface area contributed by atoms with Crippen LogP contribution in [0.3, 0.4) is 0 Å². The van der Waals surface area contributed by atoms with Crippen molar-refractivity contribution in [1.82, 2.24) is 15.0 Å². The largest absolute Gasteiger partial charge is 0.474 e. The highest BCUT2D eigenvalue weighted by molar-refractivity contribution is 6.03. The van der Waals surface area contributed by atoms with E-state index in [2.05, 4.69) is 20.3 Å². The molecule has 190 valence electrons. The summed E-state index contributed by atoms with van der Waals surface area (Å²) in [6, 6.07) is 3.39. The van der Waals surface area contributed by atoms with Gasteiger partial charge >= 0.3 is 6.18 Å². The van der Waals surface area contributed by atoms with Crippen molar-refractivity contribution in [2.75, 3.05) is 17.3 Å². The molecular formula is C24H36F3N5O2. The molecule has 4 rings (SSSR count). The van der Waals surface area contributed by atoms with Gasteiger partial charge in [-0.1, -0.05) is 35.3 Å². The Morgan fingerprint density at radius 2 is 1.82 bits per heavy atom. The molecular weight excluding hydrogens is 447 g/mol. The van der Waals surface area contributed by atoms with Crippen molar-refractivity contribution in [2.45, 2.75) is 80.1 Å². The Kier molecular flexibility index (Phi) is 9.43. The molecule has 34 heavy (non-hydrogen) atoms. The summed E-state index contributed by atoms with van der Waals surface area (Å²) in [5.41, 5.74) is 0.404. The molecule has 1 aliphatic carbocycles. The van der Waals surface area contributed by atoms with Gasteiger partial charge in [-0.05, 0) is 38.2 Å². The molecule has 1 atom stereocenters. The number of hydrogen-bond acceptors (Lipinski definition) is 6. The van der Waals surface area contributed by atoms with Crippen LogP contribution in [0, 0.1) is 12.8 Å². The molecule has 0 radical (unpaired) electrons. The summed E-state index contributed by atoms with van der Waals surface area (Å²) < 4.78 is 44.0. The second-order valence-electron chi connectivity index (χ2n) is 8.09. The Hall–Kier alpha value is -2.91. The van der Waals surface area contributed by atoms with E-state index in [1.54, 1.807) is 0 Å². The Labute approximate surface area is 200 Å². The van der Waals surface area contributed by atoms with Crippen LogP contribution in [-0.4, -0.2) is 40.1 Å². The normalized spacial score (nSPS) is 21.1. The van der Waals surface area contributed by atoms with Gasteiger partial charge in [0.15, 0.2) is 5.82 Å². The highest BCUT2D eigenvalue weighted by Gasteiger charge is 2.36. The van der Waals surface area contributed by atoms with Gasteiger partial charge in [0.25, 0.3) is 0 Å².